The summed E-state index contributed by atoms with van der Waals surface area (Å²) in [6, 6.07) is 24.2. The fourth-order valence-electron chi connectivity index (χ4n) is 4.76. The Morgan fingerprint density at radius 3 is 2.31 bits per heavy atom. The molecule has 2 heterocycles. The average molecular weight is 470 g/mol. The van der Waals surface area contributed by atoms with Crippen LogP contribution in [0.2, 0.25) is 0 Å². The van der Waals surface area contributed by atoms with Gasteiger partial charge in [-0.1, -0.05) is 66.7 Å². The van der Waals surface area contributed by atoms with Crippen LogP contribution >= 0.6 is 0 Å². The number of benzene rings is 3. The minimum atomic E-state index is -0.602. The van der Waals surface area contributed by atoms with Crippen molar-refractivity contribution in [2.24, 2.45) is 0 Å². The van der Waals surface area contributed by atoms with Crippen molar-refractivity contribution in [1.82, 2.24) is 10.2 Å². The molecule has 0 saturated carbocycles. The first-order valence-corrected chi connectivity index (χ1v) is 11.9. The zero-order valence-electron chi connectivity index (χ0n) is 19.3. The Hall–Kier alpha value is -4.13. The van der Waals surface area contributed by atoms with Crippen molar-refractivity contribution in [3.05, 3.63) is 101 Å². The monoisotopic (exact) mass is 469 g/mol. The van der Waals surface area contributed by atoms with Crippen LogP contribution < -0.4 is 10.6 Å². The molecule has 3 aromatic carbocycles. The molecule has 1 atom stereocenters. The summed E-state index contributed by atoms with van der Waals surface area (Å²) < 4.78 is 5.44. The summed E-state index contributed by atoms with van der Waals surface area (Å²) in [4.78, 5) is 40.5. The number of fused-ring (bicyclic) bond motifs is 2. The van der Waals surface area contributed by atoms with Crippen molar-refractivity contribution in [3.63, 3.8) is 0 Å². The Balaban J connectivity index is 1.24. The Kier molecular flexibility index (Phi) is 6.48. The van der Waals surface area contributed by atoms with Gasteiger partial charge >= 0.3 is 6.09 Å². The van der Waals surface area contributed by atoms with Crippen LogP contribution in [-0.4, -0.2) is 41.9 Å². The molecule has 1 saturated heterocycles. The third kappa shape index (κ3) is 4.89. The predicted octanol–water partition coefficient (Wildman–Crippen LogP) is 4.30. The smallest absolute Gasteiger partial charge is 0.410 e. The van der Waals surface area contributed by atoms with E-state index in [4.69, 9.17) is 4.74 Å². The first kappa shape index (κ1) is 22.7. The molecule has 0 bridgehead atoms. The summed E-state index contributed by atoms with van der Waals surface area (Å²) in [6.07, 6.45) is 0.938. The zero-order chi connectivity index (χ0) is 24.2. The minimum Gasteiger partial charge on any atom is -0.445 e. The molecule has 0 radical (unpaired) electrons. The van der Waals surface area contributed by atoms with E-state index in [1.807, 2.05) is 66.7 Å². The Morgan fingerprint density at radius 1 is 0.886 bits per heavy atom. The second-order valence-electron chi connectivity index (χ2n) is 8.87. The summed E-state index contributed by atoms with van der Waals surface area (Å²) in [5.74, 6) is -0.965. The van der Waals surface area contributed by atoms with Gasteiger partial charge in [0.25, 0.3) is 5.91 Å². The molecule has 0 aliphatic carbocycles. The largest absolute Gasteiger partial charge is 0.445 e. The molecule has 2 aliphatic rings. The molecular formula is C28H27N3O4. The van der Waals surface area contributed by atoms with Crippen molar-refractivity contribution in [1.29, 1.82) is 0 Å². The van der Waals surface area contributed by atoms with Crippen LogP contribution in [-0.2, 0) is 16.1 Å². The molecule has 5 rings (SSSR count). The highest BCUT2D eigenvalue weighted by atomic mass is 16.6. The Morgan fingerprint density at radius 2 is 1.54 bits per heavy atom. The number of amides is 3. The van der Waals surface area contributed by atoms with Gasteiger partial charge in [-0.3, -0.25) is 9.59 Å². The molecule has 178 valence electrons. The molecule has 0 spiro atoms. The molecule has 7 heteroatoms. The Labute approximate surface area is 204 Å². The zero-order valence-corrected chi connectivity index (χ0v) is 19.3. The number of rotatable bonds is 4. The van der Waals surface area contributed by atoms with Gasteiger partial charge in [0.05, 0.1) is 5.92 Å². The maximum Gasteiger partial charge on any atom is 0.410 e. The van der Waals surface area contributed by atoms with E-state index >= 15 is 0 Å². The number of carbonyl (C=O) groups is 3. The fraction of sp³-hybridized carbons (Fsp3) is 0.250. The molecule has 2 aliphatic heterocycles. The molecule has 35 heavy (non-hydrogen) atoms. The molecule has 0 aromatic heterocycles. The summed E-state index contributed by atoms with van der Waals surface area (Å²) in [5.41, 5.74) is 3.55. The molecule has 7 nitrogen and oxygen atoms in total. The summed E-state index contributed by atoms with van der Waals surface area (Å²) in [6.45, 7) is 1.26. The maximum atomic E-state index is 13.6. The van der Waals surface area contributed by atoms with Gasteiger partial charge in [-0.2, -0.15) is 0 Å². The van der Waals surface area contributed by atoms with Gasteiger partial charge in [-0.05, 0) is 41.7 Å². The van der Waals surface area contributed by atoms with Crippen LogP contribution in [0, 0.1) is 0 Å². The quantitative estimate of drug-likeness (QED) is 0.596. The number of hydrogen-bond donors (Lipinski definition) is 2. The Bertz CT molecular complexity index is 1240. The normalized spacial score (nSPS) is 17.4. The van der Waals surface area contributed by atoms with Gasteiger partial charge in [0.2, 0.25) is 5.91 Å². The lowest BCUT2D eigenvalue weighted by molar-refractivity contribution is -0.122. The minimum absolute atomic E-state index is 0.0630. The number of carbonyl (C=O) groups excluding carboxylic acids is 3. The van der Waals surface area contributed by atoms with Crippen molar-refractivity contribution < 1.29 is 19.1 Å². The standard InChI is InChI=1S/C28H27N3O4/c32-26-22-11-5-4-10-21(22)25(23-12-6-7-13-24(23)30-26)27(33)29-20-14-16-31(17-15-20)28(34)35-18-19-8-2-1-3-9-19/h1-13,20,25H,14-18H2,(H,29,33)(H,30,32). The number of piperidine rings is 1. The lowest BCUT2D eigenvalue weighted by atomic mass is 9.87. The van der Waals surface area contributed by atoms with E-state index in [1.54, 1.807) is 17.0 Å². The topological polar surface area (TPSA) is 87.7 Å². The van der Waals surface area contributed by atoms with Gasteiger partial charge < -0.3 is 20.3 Å². The number of para-hydroxylation sites is 1. The van der Waals surface area contributed by atoms with Crippen molar-refractivity contribution in [2.75, 3.05) is 18.4 Å². The second kappa shape index (κ2) is 10.0. The van der Waals surface area contributed by atoms with Crippen LogP contribution in [0.15, 0.2) is 78.9 Å². The van der Waals surface area contributed by atoms with Gasteiger partial charge in [0.1, 0.15) is 6.61 Å². The van der Waals surface area contributed by atoms with Crippen molar-refractivity contribution in [3.8, 4) is 0 Å². The van der Waals surface area contributed by atoms with Gasteiger partial charge in [0.15, 0.2) is 0 Å². The van der Waals surface area contributed by atoms with E-state index in [2.05, 4.69) is 10.6 Å². The fourth-order valence-corrected chi connectivity index (χ4v) is 4.76. The molecule has 1 unspecified atom stereocenters. The summed E-state index contributed by atoms with van der Waals surface area (Å²) in [5, 5.41) is 6.11. The van der Waals surface area contributed by atoms with Crippen molar-refractivity contribution in [2.45, 2.75) is 31.4 Å². The van der Waals surface area contributed by atoms with Gasteiger partial charge in [0, 0.05) is 30.4 Å². The molecule has 1 fully saturated rings. The third-order valence-electron chi connectivity index (χ3n) is 6.60. The summed E-state index contributed by atoms with van der Waals surface area (Å²) >= 11 is 0. The lowest BCUT2D eigenvalue weighted by Crippen LogP contribution is -2.47. The average Bonchev–Trinajstić information content (AvgIpc) is 3.02. The van der Waals surface area contributed by atoms with Crippen LogP contribution in [0.4, 0.5) is 10.5 Å². The number of nitrogens with zero attached hydrogens (tertiary/aromatic N) is 1. The number of ether oxygens (including phenoxy) is 1. The molecule has 3 amide bonds. The molecule has 3 aromatic rings. The van der Waals surface area contributed by atoms with Crippen LogP contribution in [0.3, 0.4) is 0 Å². The molecular weight excluding hydrogens is 442 g/mol. The van der Waals surface area contributed by atoms with Crippen LogP contribution in [0.5, 0.6) is 0 Å². The van der Waals surface area contributed by atoms with E-state index in [9.17, 15) is 14.4 Å². The lowest BCUT2D eigenvalue weighted by Gasteiger charge is -2.32. The van der Waals surface area contributed by atoms with E-state index in [0.29, 0.717) is 42.7 Å². The number of nitrogens with one attached hydrogen (secondary N) is 2. The van der Waals surface area contributed by atoms with Crippen molar-refractivity contribution >= 4 is 23.6 Å². The van der Waals surface area contributed by atoms with Crippen LogP contribution in [0.25, 0.3) is 0 Å². The predicted molar refractivity (Wildman–Crippen MR) is 132 cm³/mol. The molecule has 2 N–H and O–H groups in total. The highest BCUT2D eigenvalue weighted by molar-refractivity contribution is 6.09. The third-order valence-corrected chi connectivity index (χ3v) is 6.60. The maximum absolute atomic E-state index is 13.6. The first-order valence-electron chi connectivity index (χ1n) is 11.9. The van der Waals surface area contributed by atoms with Gasteiger partial charge in [-0.25, -0.2) is 4.79 Å². The summed E-state index contributed by atoms with van der Waals surface area (Å²) in [7, 11) is 0. The highest BCUT2D eigenvalue weighted by Crippen LogP contribution is 2.36. The first-order chi connectivity index (χ1) is 17.1. The number of likely N-dealkylation sites (tertiary alicyclic amines) is 1. The van der Waals surface area contributed by atoms with Crippen LogP contribution in [0.1, 0.15) is 45.8 Å². The van der Waals surface area contributed by atoms with E-state index in [0.717, 1.165) is 11.1 Å². The van der Waals surface area contributed by atoms with E-state index in [-0.39, 0.29) is 30.6 Å². The number of anilines is 1. The van der Waals surface area contributed by atoms with E-state index < -0.39 is 5.92 Å². The number of hydrogen-bond acceptors (Lipinski definition) is 4. The SMILES string of the molecule is O=C1Nc2ccccc2C(C(=O)NC2CCN(C(=O)OCc3ccccc3)CC2)c2ccccc21. The highest BCUT2D eigenvalue weighted by Gasteiger charge is 2.34. The second-order valence-corrected chi connectivity index (χ2v) is 8.87. The van der Waals surface area contributed by atoms with Gasteiger partial charge in [-0.15, -0.1) is 0 Å². The van der Waals surface area contributed by atoms with E-state index in [1.165, 1.54) is 0 Å².